The molecule has 1 N–H and O–H groups in total. The lowest BCUT2D eigenvalue weighted by Gasteiger charge is -2.22. The number of amides is 1. The van der Waals surface area contributed by atoms with E-state index < -0.39 is 0 Å². The van der Waals surface area contributed by atoms with Gasteiger partial charge in [-0.15, -0.1) is 0 Å². The molecule has 0 aliphatic carbocycles. The molecule has 1 amide bonds. The highest BCUT2D eigenvalue weighted by Crippen LogP contribution is 2.10. The van der Waals surface area contributed by atoms with Crippen LogP contribution in [0.5, 0.6) is 0 Å². The fraction of sp³-hybridized carbons (Fsp3) is 0.467. The molecule has 1 aromatic rings. The molecule has 116 valence electrons. The van der Waals surface area contributed by atoms with Crippen molar-refractivity contribution in [3.63, 3.8) is 0 Å². The number of hydrogen-bond donors (Lipinski definition) is 1. The van der Waals surface area contributed by atoms with Gasteiger partial charge in [0.15, 0.2) is 5.96 Å². The number of nitrogens with one attached hydrogen (secondary N) is 1. The Morgan fingerprint density at radius 1 is 1.24 bits per heavy atom. The first-order valence-electron chi connectivity index (χ1n) is 6.80. The molecule has 1 aromatic carbocycles. The third-order valence-corrected chi connectivity index (χ3v) is 3.28. The van der Waals surface area contributed by atoms with Crippen LogP contribution in [0.1, 0.15) is 12.0 Å². The Kier molecular flexibility index (Phi) is 7.02. The zero-order valence-electron chi connectivity index (χ0n) is 13.1. The first-order valence-corrected chi connectivity index (χ1v) is 7.18. The van der Waals surface area contributed by atoms with Crippen LogP contribution < -0.4 is 5.32 Å². The van der Waals surface area contributed by atoms with Gasteiger partial charge in [0.05, 0.1) is 0 Å². The van der Waals surface area contributed by atoms with Crippen LogP contribution in [0.3, 0.4) is 0 Å². The predicted octanol–water partition coefficient (Wildman–Crippen LogP) is 1.83. The van der Waals surface area contributed by atoms with Gasteiger partial charge >= 0.3 is 0 Å². The minimum atomic E-state index is 0.0957. The molecule has 0 fully saturated rings. The van der Waals surface area contributed by atoms with Crippen molar-refractivity contribution >= 4 is 23.5 Å². The SMILES string of the molecule is CN=C(NCCC(=O)N(C)C)N(C)Cc1ccc(Cl)cc1. The Bertz CT molecular complexity index is 485. The van der Waals surface area contributed by atoms with Crippen LogP contribution in [0.2, 0.25) is 5.02 Å². The van der Waals surface area contributed by atoms with E-state index in [1.165, 1.54) is 0 Å². The second-order valence-corrected chi connectivity index (χ2v) is 5.43. The molecule has 6 heteroatoms. The van der Waals surface area contributed by atoms with E-state index in [0.29, 0.717) is 13.0 Å². The molecule has 0 heterocycles. The van der Waals surface area contributed by atoms with Gasteiger partial charge in [-0.3, -0.25) is 9.79 Å². The smallest absolute Gasteiger partial charge is 0.223 e. The molecule has 0 saturated heterocycles. The first-order chi connectivity index (χ1) is 9.93. The molecular formula is C15H23ClN4O. The average molecular weight is 311 g/mol. The standard InChI is InChI=1S/C15H23ClN4O/c1-17-15(18-10-9-14(21)19(2)3)20(4)11-12-5-7-13(16)8-6-12/h5-8H,9-11H2,1-4H3,(H,17,18). The fourth-order valence-corrected chi connectivity index (χ4v) is 1.95. The Hall–Kier alpha value is -1.75. The summed E-state index contributed by atoms with van der Waals surface area (Å²) in [5, 5.41) is 3.92. The molecule has 0 aliphatic heterocycles. The van der Waals surface area contributed by atoms with E-state index in [1.807, 2.05) is 36.2 Å². The third kappa shape index (κ3) is 6.04. The maximum Gasteiger partial charge on any atom is 0.223 e. The van der Waals surface area contributed by atoms with E-state index in [9.17, 15) is 4.79 Å². The number of hydrogen-bond acceptors (Lipinski definition) is 2. The summed E-state index contributed by atoms with van der Waals surface area (Å²) in [5.74, 6) is 0.856. The van der Waals surface area contributed by atoms with Crippen LogP contribution >= 0.6 is 11.6 Å². The van der Waals surface area contributed by atoms with Gasteiger partial charge in [-0.25, -0.2) is 0 Å². The molecule has 1 rings (SSSR count). The van der Waals surface area contributed by atoms with Crippen molar-refractivity contribution < 1.29 is 4.79 Å². The number of nitrogens with zero attached hydrogens (tertiary/aromatic N) is 3. The van der Waals surface area contributed by atoms with Gasteiger partial charge in [-0.05, 0) is 17.7 Å². The monoisotopic (exact) mass is 310 g/mol. The van der Waals surface area contributed by atoms with Gasteiger partial charge in [0.2, 0.25) is 5.91 Å². The number of guanidine groups is 1. The number of halogens is 1. The molecule has 0 aromatic heterocycles. The summed E-state index contributed by atoms with van der Waals surface area (Å²) in [7, 11) is 7.19. The van der Waals surface area contributed by atoms with Crippen LogP contribution in [-0.4, -0.2) is 56.4 Å². The minimum absolute atomic E-state index is 0.0957. The summed E-state index contributed by atoms with van der Waals surface area (Å²) in [5.41, 5.74) is 1.15. The Morgan fingerprint density at radius 3 is 2.38 bits per heavy atom. The van der Waals surface area contributed by atoms with Gasteiger partial charge in [0, 0.05) is 52.7 Å². The van der Waals surface area contributed by atoms with E-state index >= 15 is 0 Å². The molecule has 0 atom stereocenters. The summed E-state index contributed by atoms with van der Waals surface area (Å²) >= 11 is 5.88. The molecule has 0 unspecified atom stereocenters. The van der Waals surface area contributed by atoms with Crippen LogP contribution in [0.25, 0.3) is 0 Å². The van der Waals surface area contributed by atoms with Crippen molar-refractivity contribution in [1.29, 1.82) is 0 Å². The highest BCUT2D eigenvalue weighted by Gasteiger charge is 2.08. The summed E-state index contributed by atoms with van der Waals surface area (Å²) in [6, 6.07) is 7.72. The zero-order chi connectivity index (χ0) is 15.8. The maximum atomic E-state index is 11.5. The lowest BCUT2D eigenvalue weighted by Crippen LogP contribution is -2.40. The molecule has 0 saturated carbocycles. The van der Waals surface area contributed by atoms with Gasteiger partial charge in [-0.2, -0.15) is 0 Å². The predicted molar refractivity (Wildman–Crippen MR) is 87.6 cm³/mol. The van der Waals surface area contributed by atoms with E-state index in [0.717, 1.165) is 23.1 Å². The summed E-state index contributed by atoms with van der Waals surface area (Å²) in [4.78, 5) is 19.3. The lowest BCUT2D eigenvalue weighted by molar-refractivity contribution is -0.128. The molecule has 0 bridgehead atoms. The van der Waals surface area contributed by atoms with Crippen LogP contribution in [-0.2, 0) is 11.3 Å². The van der Waals surface area contributed by atoms with E-state index in [2.05, 4.69) is 10.3 Å². The van der Waals surface area contributed by atoms with E-state index in [4.69, 9.17) is 11.6 Å². The van der Waals surface area contributed by atoms with Crippen molar-refractivity contribution in [2.45, 2.75) is 13.0 Å². The van der Waals surface area contributed by atoms with Crippen LogP contribution in [0.15, 0.2) is 29.3 Å². The van der Waals surface area contributed by atoms with Gasteiger partial charge in [0.25, 0.3) is 0 Å². The van der Waals surface area contributed by atoms with Crippen molar-refractivity contribution in [2.75, 3.05) is 34.7 Å². The second kappa shape index (κ2) is 8.52. The number of benzene rings is 1. The topological polar surface area (TPSA) is 47.9 Å². The van der Waals surface area contributed by atoms with Crippen molar-refractivity contribution in [3.8, 4) is 0 Å². The molecular weight excluding hydrogens is 288 g/mol. The molecule has 0 radical (unpaired) electrons. The van der Waals surface area contributed by atoms with Gasteiger partial charge < -0.3 is 15.1 Å². The van der Waals surface area contributed by atoms with Crippen LogP contribution in [0, 0.1) is 0 Å². The maximum absolute atomic E-state index is 11.5. The second-order valence-electron chi connectivity index (χ2n) is 4.99. The van der Waals surface area contributed by atoms with E-state index in [1.54, 1.807) is 26.0 Å². The highest BCUT2D eigenvalue weighted by molar-refractivity contribution is 6.30. The highest BCUT2D eigenvalue weighted by atomic mass is 35.5. The van der Waals surface area contributed by atoms with Gasteiger partial charge in [0.1, 0.15) is 0 Å². The Morgan fingerprint density at radius 2 is 1.86 bits per heavy atom. The lowest BCUT2D eigenvalue weighted by atomic mass is 10.2. The number of rotatable bonds is 5. The first kappa shape index (κ1) is 17.3. The third-order valence-electron chi connectivity index (χ3n) is 3.03. The summed E-state index contributed by atoms with van der Waals surface area (Å²) in [6.07, 6.45) is 0.445. The zero-order valence-corrected chi connectivity index (χ0v) is 13.8. The van der Waals surface area contributed by atoms with Crippen molar-refractivity contribution in [1.82, 2.24) is 15.1 Å². The van der Waals surface area contributed by atoms with Crippen molar-refractivity contribution in [3.05, 3.63) is 34.9 Å². The largest absolute Gasteiger partial charge is 0.356 e. The molecule has 0 aliphatic rings. The quantitative estimate of drug-likeness (QED) is 0.667. The Balaban J connectivity index is 2.48. The minimum Gasteiger partial charge on any atom is -0.356 e. The normalized spacial score (nSPS) is 11.2. The molecule has 21 heavy (non-hydrogen) atoms. The number of aliphatic imine (C=N–C) groups is 1. The molecule has 5 nitrogen and oxygen atoms in total. The number of carbonyl (C=O) groups is 1. The average Bonchev–Trinajstić information content (AvgIpc) is 2.45. The fourth-order valence-electron chi connectivity index (χ4n) is 1.83. The van der Waals surface area contributed by atoms with E-state index in [-0.39, 0.29) is 5.91 Å². The summed E-state index contributed by atoms with van der Waals surface area (Å²) < 4.78 is 0. The Labute approximate surface area is 131 Å². The van der Waals surface area contributed by atoms with Gasteiger partial charge in [-0.1, -0.05) is 23.7 Å². The van der Waals surface area contributed by atoms with Crippen LogP contribution in [0.4, 0.5) is 0 Å². The molecule has 0 spiro atoms. The number of carbonyl (C=O) groups excluding carboxylic acids is 1. The van der Waals surface area contributed by atoms with Crippen molar-refractivity contribution in [2.24, 2.45) is 4.99 Å². The summed E-state index contributed by atoms with van der Waals surface area (Å²) in [6.45, 7) is 1.28.